The normalized spacial score (nSPS) is 48.8. The molecule has 0 aliphatic heterocycles. The first-order valence-corrected chi connectivity index (χ1v) is 7.81. The lowest BCUT2D eigenvalue weighted by molar-refractivity contribution is -0.127. The summed E-state index contributed by atoms with van der Waals surface area (Å²) < 4.78 is 2.17. The van der Waals surface area contributed by atoms with Crippen LogP contribution in [0.25, 0.3) is 0 Å². The number of Topliss-reactive ketones (excluding diaryl/α,β-unsaturated/α-hetero) is 1. The average molecular weight is 404 g/mol. The summed E-state index contributed by atoms with van der Waals surface area (Å²) in [5, 5.41) is 0. The third kappa shape index (κ3) is 1.12. The lowest BCUT2D eigenvalue weighted by Gasteiger charge is -2.36. The maximum atomic E-state index is 12.0. The van der Waals surface area contributed by atoms with E-state index in [9.17, 15) is 4.79 Å². The largest absolute Gasteiger partial charge is 0.299 e. The van der Waals surface area contributed by atoms with E-state index in [-0.39, 0.29) is 5.41 Å². The molecule has 2 fully saturated rings. The van der Waals surface area contributed by atoms with Crippen molar-refractivity contribution in [3.05, 3.63) is 0 Å². The van der Waals surface area contributed by atoms with Crippen LogP contribution in [-0.2, 0) is 4.79 Å². The Morgan fingerprint density at radius 3 is 2.54 bits per heavy atom. The van der Waals surface area contributed by atoms with E-state index in [0.717, 1.165) is 21.7 Å². The van der Waals surface area contributed by atoms with Crippen molar-refractivity contribution in [2.75, 3.05) is 8.86 Å². The fourth-order valence-corrected chi connectivity index (χ4v) is 6.18. The van der Waals surface area contributed by atoms with E-state index in [1.807, 2.05) is 0 Å². The molecule has 0 aromatic carbocycles. The molecule has 13 heavy (non-hydrogen) atoms. The van der Waals surface area contributed by atoms with Gasteiger partial charge in [0.2, 0.25) is 0 Å². The summed E-state index contributed by atoms with van der Waals surface area (Å²) in [6.45, 7) is 2.33. The van der Waals surface area contributed by atoms with E-state index in [1.54, 1.807) is 0 Å². The van der Waals surface area contributed by atoms with Crippen LogP contribution in [-0.4, -0.2) is 14.6 Å². The maximum absolute atomic E-state index is 12.0. The molecule has 2 bridgehead atoms. The molecule has 3 heteroatoms. The zero-order chi connectivity index (χ0) is 9.69. The summed E-state index contributed by atoms with van der Waals surface area (Å²) in [5.41, 5.74) is 0.366. The Kier molecular flexibility index (Phi) is 2.72. The van der Waals surface area contributed by atoms with Crippen LogP contribution in [0.2, 0.25) is 0 Å². The highest BCUT2D eigenvalue weighted by Gasteiger charge is 2.65. The minimum atomic E-state index is 0.0550. The summed E-state index contributed by atoms with van der Waals surface area (Å²) in [7, 11) is 0. The Morgan fingerprint density at radius 2 is 2.15 bits per heavy atom. The van der Waals surface area contributed by atoms with Gasteiger partial charge >= 0.3 is 0 Å². The van der Waals surface area contributed by atoms with Gasteiger partial charge < -0.3 is 0 Å². The number of carbonyl (C=O) groups is 1. The second kappa shape index (κ2) is 3.32. The molecule has 2 aliphatic carbocycles. The smallest absolute Gasteiger partial charge is 0.140 e. The predicted molar refractivity (Wildman–Crippen MR) is 70.7 cm³/mol. The molecule has 2 rings (SSSR count). The Balaban J connectivity index is 2.45. The van der Waals surface area contributed by atoms with Crippen molar-refractivity contribution >= 4 is 51.0 Å². The molecule has 0 aromatic rings. The number of rotatable bonds is 2. The minimum Gasteiger partial charge on any atom is -0.299 e. The molecule has 1 nitrogen and oxygen atoms in total. The monoisotopic (exact) mass is 404 g/mol. The number of carbonyl (C=O) groups excluding carboxylic acids is 1. The van der Waals surface area contributed by atoms with Gasteiger partial charge in [-0.2, -0.15) is 0 Å². The van der Waals surface area contributed by atoms with Crippen LogP contribution in [0.4, 0.5) is 0 Å². The second-order valence-corrected chi connectivity index (χ2v) is 6.16. The van der Waals surface area contributed by atoms with Crippen molar-refractivity contribution in [3.8, 4) is 0 Å². The van der Waals surface area contributed by atoms with E-state index in [4.69, 9.17) is 0 Å². The van der Waals surface area contributed by atoms with E-state index in [0.29, 0.717) is 17.1 Å². The topological polar surface area (TPSA) is 17.1 Å². The van der Waals surface area contributed by atoms with E-state index in [2.05, 4.69) is 52.1 Å². The van der Waals surface area contributed by atoms with E-state index < -0.39 is 0 Å². The molecule has 0 N–H and O–H groups in total. The summed E-state index contributed by atoms with van der Waals surface area (Å²) in [6.07, 6.45) is 3.30. The van der Waals surface area contributed by atoms with Gasteiger partial charge in [0.1, 0.15) is 5.78 Å². The first kappa shape index (κ1) is 10.6. The molecule has 2 saturated carbocycles. The maximum Gasteiger partial charge on any atom is 0.140 e. The van der Waals surface area contributed by atoms with Gasteiger partial charge in [-0.05, 0) is 24.2 Å². The molecular weight excluding hydrogens is 390 g/mol. The van der Waals surface area contributed by atoms with Gasteiger partial charge in [-0.15, -0.1) is 0 Å². The third-order valence-corrected chi connectivity index (χ3v) is 7.27. The van der Waals surface area contributed by atoms with Crippen LogP contribution in [0.1, 0.15) is 26.2 Å². The highest BCUT2D eigenvalue weighted by molar-refractivity contribution is 14.1. The van der Waals surface area contributed by atoms with Crippen LogP contribution >= 0.6 is 45.2 Å². The molecule has 0 heterocycles. The van der Waals surface area contributed by atoms with Crippen LogP contribution < -0.4 is 0 Å². The summed E-state index contributed by atoms with van der Waals surface area (Å²) >= 11 is 4.87. The number of halogens is 2. The van der Waals surface area contributed by atoms with Crippen molar-refractivity contribution in [2.24, 2.45) is 16.7 Å². The first-order chi connectivity index (χ1) is 6.10. The Hall–Kier alpha value is 1.13. The SMILES string of the molecule is C[C@]1(CI)[C@@H]2CC[C@@]1(CI)C(=O)C2. The third-order valence-electron chi connectivity index (χ3n) is 4.39. The van der Waals surface area contributed by atoms with Crippen LogP contribution in [0.5, 0.6) is 0 Å². The molecule has 0 saturated heterocycles. The highest BCUT2D eigenvalue weighted by Crippen LogP contribution is 2.65. The number of hydrogen-bond donors (Lipinski definition) is 0. The van der Waals surface area contributed by atoms with Crippen molar-refractivity contribution < 1.29 is 4.79 Å². The fourth-order valence-electron chi connectivity index (χ4n) is 3.15. The standard InChI is InChI=1S/C10H14I2O/c1-9(5-11)7-2-3-10(9,6-12)8(13)4-7/h7H,2-6H2,1H3/t7-,9+,10-/m1/s1. The number of hydrogen-bond acceptors (Lipinski definition) is 1. The average Bonchev–Trinajstić information content (AvgIpc) is 2.53. The Morgan fingerprint density at radius 1 is 1.46 bits per heavy atom. The van der Waals surface area contributed by atoms with Crippen molar-refractivity contribution in [2.45, 2.75) is 26.2 Å². The minimum absolute atomic E-state index is 0.0550. The summed E-state index contributed by atoms with van der Waals surface area (Å²) in [5.74, 6) is 1.24. The van der Waals surface area contributed by atoms with Crippen molar-refractivity contribution in [3.63, 3.8) is 0 Å². The van der Waals surface area contributed by atoms with Gasteiger partial charge in [0.25, 0.3) is 0 Å². The molecule has 0 unspecified atom stereocenters. The lowest BCUT2D eigenvalue weighted by atomic mass is 9.70. The van der Waals surface area contributed by atoms with Gasteiger partial charge in [0.05, 0.1) is 0 Å². The highest BCUT2D eigenvalue weighted by atomic mass is 127. The zero-order valence-electron chi connectivity index (χ0n) is 7.78. The Labute approximate surface area is 107 Å². The first-order valence-electron chi connectivity index (χ1n) is 4.76. The van der Waals surface area contributed by atoms with E-state index >= 15 is 0 Å². The molecular formula is C10H14I2O. The quantitative estimate of drug-likeness (QED) is 0.511. The van der Waals surface area contributed by atoms with E-state index in [1.165, 1.54) is 6.42 Å². The molecule has 0 spiro atoms. The summed E-state index contributed by atoms with van der Waals surface area (Å²) in [4.78, 5) is 12.0. The van der Waals surface area contributed by atoms with Crippen LogP contribution in [0, 0.1) is 16.7 Å². The van der Waals surface area contributed by atoms with Gasteiger partial charge in [0.15, 0.2) is 0 Å². The number of ketones is 1. The van der Waals surface area contributed by atoms with Crippen LogP contribution in [0.3, 0.4) is 0 Å². The van der Waals surface area contributed by atoms with Gasteiger partial charge in [-0.25, -0.2) is 0 Å². The van der Waals surface area contributed by atoms with Gasteiger partial charge in [-0.3, -0.25) is 4.79 Å². The van der Waals surface area contributed by atoms with Crippen molar-refractivity contribution in [1.82, 2.24) is 0 Å². The lowest BCUT2D eigenvalue weighted by Crippen LogP contribution is -2.40. The molecule has 0 amide bonds. The fraction of sp³-hybridized carbons (Fsp3) is 0.900. The Bertz CT molecular complexity index is 253. The summed E-state index contributed by atoms with van der Waals surface area (Å²) in [6, 6.07) is 0. The molecule has 0 radical (unpaired) electrons. The number of fused-ring (bicyclic) bond motifs is 2. The van der Waals surface area contributed by atoms with Gasteiger partial charge in [0, 0.05) is 20.7 Å². The molecule has 3 atom stereocenters. The zero-order valence-corrected chi connectivity index (χ0v) is 12.1. The van der Waals surface area contributed by atoms with Crippen molar-refractivity contribution in [1.29, 1.82) is 0 Å². The molecule has 0 aromatic heterocycles. The predicted octanol–water partition coefficient (Wildman–Crippen LogP) is 3.23. The second-order valence-electron chi connectivity index (χ2n) is 4.63. The molecule has 74 valence electrons. The van der Waals surface area contributed by atoms with Gasteiger partial charge in [-0.1, -0.05) is 52.1 Å². The number of alkyl halides is 2. The molecule has 2 aliphatic rings. The van der Waals surface area contributed by atoms with Crippen LogP contribution in [0.15, 0.2) is 0 Å².